The van der Waals surface area contributed by atoms with Gasteiger partial charge in [-0.3, -0.25) is 13.9 Å². The van der Waals surface area contributed by atoms with E-state index >= 15 is 0 Å². The molecule has 1 atom stereocenters. The molecule has 0 saturated carbocycles. The number of likely N-dealkylation sites (N-methyl/N-ethyl adjacent to an activating group) is 1. The summed E-state index contributed by atoms with van der Waals surface area (Å²) in [6, 6.07) is 26.6. The maximum atomic E-state index is 14.4. The van der Waals surface area contributed by atoms with Crippen LogP contribution >= 0.6 is 23.2 Å². The van der Waals surface area contributed by atoms with Gasteiger partial charge in [-0.2, -0.15) is 0 Å². The summed E-state index contributed by atoms with van der Waals surface area (Å²) >= 11 is 12.6. The van der Waals surface area contributed by atoms with Gasteiger partial charge < -0.3 is 10.2 Å². The highest BCUT2D eigenvalue weighted by atomic mass is 35.5. The molecule has 0 bridgehead atoms. The third-order valence-electron chi connectivity index (χ3n) is 7.10. The molecular weight excluding hydrogens is 605 g/mol. The van der Waals surface area contributed by atoms with E-state index in [9.17, 15) is 18.0 Å². The number of sulfonamides is 1. The highest BCUT2D eigenvalue weighted by Crippen LogP contribution is 2.29. The summed E-state index contributed by atoms with van der Waals surface area (Å²) in [5, 5.41) is 3.42. The average Bonchev–Trinajstić information content (AvgIpc) is 2.99. The Kier molecular flexibility index (Phi) is 10.5. The number of benzene rings is 4. The first-order valence-electron chi connectivity index (χ1n) is 13.6. The normalized spacial score (nSPS) is 11.9. The minimum Gasteiger partial charge on any atom is -0.357 e. The van der Waals surface area contributed by atoms with Crippen LogP contribution < -0.4 is 9.62 Å². The Morgan fingerprint density at radius 3 is 2.12 bits per heavy atom. The molecule has 4 aromatic rings. The molecule has 0 fully saturated rings. The van der Waals surface area contributed by atoms with E-state index in [4.69, 9.17) is 23.2 Å². The Morgan fingerprint density at radius 2 is 1.51 bits per heavy atom. The molecule has 0 aliphatic rings. The van der Waals surface area contributed by atoms with Crippen LogP contribution in [0.3, 0.4) is 0 Å². The molecule has 0 aliphatic carbocycles. The SMILES string of the molecule is CNC(=O)C(Cc1ccccc1)N(Cc1ccc(Cl)cc1Cl)C(=O)CN(c1ccc(C)cc1C)S(=O)(=O)c1ccccc1. The highest BCUT2D eigenvalue weighted by molar-refractivity contribution is 7.92. The number of anilines is 1. The van der Waals surface area contributed by atoms with Crippen molar-refractivity contribution in [3.63, 3.8) is 0 Å². The number of halogens is 2. The number of amides is 2. The molecule has 7 nitrogen and oxygen atoms in total. The summed E-state index contributed by atoms with van der Waals surface area (Å²) in [5.74, 6) is -0.971. The van der Waals surface area contributed by atoms with Crippen LogP contribution in [0.1, 0.15) is 22.3 Å². The van der Waals surface area contributed by atoms with Crippen LogP contribution in [0.25, 0.3) is 0 Å². The van der Waals surface area contributed by atoms with Gasteiger partial charge in [-0.05, 0) is 60.9 Å². The number of aryl methyl sites for hydroxylation is 2. The lowest BCUT2D eigenvalue weighted by molar-refractivity contribution is -0.139. The van der Waals surface area contributed by atoms with Gasteiger partial charge >= 0.3 is 0 Å². The van der Waals surface area contributed by atoms with E-state index < -0.39 is 34.4 Å². The maximum absolute atomic E-state index is 14.4. The van der Waals surface area contributed by atoms with Gasteiger partial charge in [-0.25, -0.2) is 8.42 Å². The largest absolute Gasteiger partial charge is 0.357 e. The molecule has 4 aromatic carbocycles. The number of nitrogens with zero attached hydrogens (tertiary/aromatic N) is 2. The molecule has 1 unspecified atom stereocenters. The summed E-state index contributed by atoms with van der Waals surface area (Å²) in [6.45, 7) is 3.11. The quantitative estimate of drug-likeness (QED) is 0.212. The first kappa shape index (κ1) is 32.1. The molecule has 0 spiro atoms. The predicted molar refractivity (Wildman–Crippen MR) is 172 cm³/mol. The molecule has 0 aromatic heterocycles. The summed E-state index contributed by atoms with van der Waals surface area (Å²) in [6.07, 6.45) is 0.201. The molecule has 0 saturated heterocycles. The van der Waals surface area contributed by atoms with Crippen molar-refractivity contribution >= 4 is 50.7 Å². The fraction of sp³-hybridized carbons (Fsp3) is 0.212. The Labute approximate surface area is 263 Å². The van der Waals surface area contributed by atoms with E-state index in [1.807, 2.05) is 43.3 Å². The second-order valence-electron chi connectivity index (χ2n) is 10.2. The Morgan fingerprint density at radius 1 is 0.860 bits per heavy atom. The smallest absolute Gasteiger partial charge is 0.264 e. The lowest BCUT2D eigenvalue weighted by Crippen LogP contribution is -2.53. The number of nitrogens with one attached hydrogen (secondary N) is 1. The van der Waals surface area contributed by atoms with Gasteiger partial charge in [0.15, 0.2) is 0 Å². The van der Waals surface area contributed by atoms with Crippen molar-refractivity contribution in [2.45, 2.75) is 37.8 Å². The molecule has 2 amide bonds. The number of hydrogen-bond donors (Lipinski definition) is 1. The van der Waals surface area contributed by atoms with Crippen LogP contribution in [0, 0.1) is 13.8 Å². The van der Waals surface area contributed by atoms with Gasteiger partial charge in [0.25, 0.3) is 10.0 Å². The average molecular weight is 639 g/mol. The minimum atomic E-state index is -4.17. The first-order valence-corrected chi connectivity index (χ1v) is 15.8. The third kappa shape index (κ3) is 7.76. The molecule has 1 N–H and O–H groups in total. The van der Waals surface area contributed by atoms with Gasteiger partial charge in [-0.15, -0.1) is 0 Å². The predicted octanol–water partition coefficient (Wildman–Crippen LogP) is 6.19. The monoisotopic (exact) mass is 637 g/mol. The second kappa shape index (κ2) is 14.1. The standard InChI is InChI=1S/C33H33Cl2N3O4S/c1-23-14-17-30(24(2)18-23)38(43(41,42)28-12-8-5-9-13-28)22-32(39)37(21-26-15-16-27(34)20-29(26)35)31(33(40)36-3)19-25-10-6-4-7-11-25/h4-18,20,31H,19,21-22H2,1-3H3,(H,36,40). The zero-order valence-electron chi connectivity index (χ0n) is 24.1. The third-order valence-corrected chi connectivity index (χ3v) is 9.47. The van der Waals surface area contributed by atoms with Gasteiger partial charge in [0.05, 0.1) is 10.6 Å². The molecule has 10 heteroatoms. The van der Waals surface area contributed by atoms with E-state index in [0.717, 1.165) is 15.4 Å². The van der Waals surface area contributed by atoms with Crippen LogP contribution in [0.2, 0.25) is 10.0 Å². The van der Waals surface area contributed by atoms with E-state index in [0.29, 0.717) is 26.9 Å². The number of carbonyl (C=O) groups is 2. The van der Waals surface area contributed by atoms with Crippen LogP contribution in [-0.4, -0.2) is 44.8 Å². The summed E-state index contributed by atoms with van der Waals surface area (Å²) in [4.78, 5) is 29.2. The topological polar surface area (TPSA) is 86.8 Å². The van der Waals surface area contributed by atoms with E-state index in [2.05, 4.69) is 5.32 Å². The van der Waals surface area contributed by atoms with Crippen molar-refractivity contribution in [2.24, 2.45) is 0 Å². The molecule has 4 rings (SSSR count). The molecule has 43 heavy (non-hydrogen) atoms. The van der Waals surface area contributed by atoms with Crippen LogP contribution in [0.4, 0.5) is 5.69 Å². The zero-order chi connectivity index (χ0) is 31.1. The van der Waals surface area contributed by atoms with Crippen molar-refractivity contribution in [2.75, 3.05) is 17.9 Å². The van der Waals surface area contributed by atoms with Crippen molar-refractivity contribution in [1.82, 2.24) is 10.2 Å². The Hall–Kier alpha value is -3.85. The number of carbonyl (C=O) groups excluding carboxylic acids is 2. The Balaban J connectivity index is 1.82. The second-order valence-corrected chi connectivity index (χ2v) is 12.9. The van der Waals surface area contributed by atoms with Crippen molar-refractivity contribution in [1.29, 1.82) is 0 Å². The summed E-state index contributed by atoms with van der Waals surface area (Å²) in [7, 11) is -2.67. The van der Waals surface area contributed by atoms with Crippen LogP contribution in [0.15, 0.2) is 102 Å². The first-order chi connectivity index (χ1) is 20.5. The van der Waals surface area contributed by atoms with Crippen LogP contribution in [-0.2, 0) is 32.6 Å². The van der Waals surface area contributed by atoms with Gasteiger partial charge in [0.1, 0.15) is 12.6 Å². The lowest BCUT2D eigenvalue weighted by Gasteiger charge is -2.34. The minimum absolute atomic E-state index is 0.0437. The van der Waals surface area contributed by atoms with Crippen molar-refractivity contribution in [3.8, 4) is 0 Å². The summed E-state index contributed by atoms with van der Waals surface area (Å²) < 4.78 is 29.2. The van der Waals surface area contributed by atoms with Gasteiger partial charge in [0, 0.05) is 30.1 Å². The maximum Gasteiger partial charge on any atom is 0.264 e. The molecular formula is C33H33Cl2N3O4S. The molecule has 0 heterocycles. The number of rotatable bonds is 11. The summed E-state index contributed by atoms with van der Waals surface area (Å²) in [5.41, 5.74) is 3.40. The van der Waals surface area contributed by atoms with Crippen LogP contribution in [0.5, 0.6) is 0 Å². The van der Waals surface area contributed by atoms with E-state index in [-0.39, 0.29) is 17.9 Å². The zero-order valence-corrected chi connectivity index (χ0v) is 26.5. The molecule has 224 valence electrons. The lowest BCUT2D eigenvalue weighted by atomic mass is 10.0. The molecule has 0 aliphatic heterocycles. The Bertz CT molecular complexity index is 1700. The van der Waals surface area contributed by atoms with Crippen molar-refractivity contribution < 1.29 is 18.0 Å². The van der Waals surface area contributed by atoms with Gasteiger partial charge in [0.2, 0.25) is 11.8 Å². The molecule has 0 radical (unpaired) electrons. The fourth-order valence-corrected chi connectivity index (χ4v) is 6.84. The fourth-order valence-electron chi connectivity index (χ4n) is 4.87. The van der Waals surface area contributed by atoms with E-state index in [1.54, 1.807) is 55.5 Å². The number of hydrogen-bond acceptors (Lipinski definition) is 4. The van der Waals surface area contributed by atoms with E-state index in [1.165, 1.54) is 24.1 Å². The van der Waals surface area contributed by atoms with Crippen molar-refractivity contribution in [3.05, 3.63) is 129 Å². The van der Waals surface area contributed by atoms with Gasteiger partial charge in [-0.1, -0.05) is 95.5 Å². The highest BCUT2D eigenvalue weighted by Gasteiger charge is 2.35.